The van der Waals surface area contributed by atoms with Crippen LogP contribution < -0.4 is 16.8 Å². The summed E-state index contributed by atoms with van der Waals surface area (Å²) < 4.78 is 65.3. The van der Waals surface area contributed by atoms with Gasteiger partial charge in [0.1, 0.15) is 9.79 Å². The first-order chi connectivity index (χ1) is 15.3. The first-order valence-corrected chi connectivity index (χ1v) is 11.9. The molecule has 0 spiro atoms. The van der Waals surface area contributed by atoms with Crippen LogP contribution in [0.2, 0.25) is 0 Å². The van der Waals surface area contributed by atoms with Gasteiger partial charge in [0.2, 0.25) is 0 Å². The molecule has 1 radical (unpaired) electrons. The molecule has 0 bridgehead atoms. The van der Waals surface area contributed by atoms with Gasteiger partial charge < -0.3 is 11.1 Å². The molecule has 0 heterocycles. The third-order valence-electron chi connectivity index (χ3n) is 5.01. The summed E-state index contributed by atoms with van der Waals surface area (Å²) in [5, 5.41) is 2.67. The molecule has 0 unspecified atom stereocenters. The van der Waals surface area contributed by atoms with E-state index in [1.165, 1.54) is 18.2 Å². The molecule has 1 aliphatic rings. The predicted molar refractivity (Wildman–Crippen MR) is 116 cm³/mol. The van der Waals surface area contributed by atoms with E-state index < -0.39 is 58.5 Å². The summed E-state index contributed by atoms with van der Waals surface area (Å²) in [7, 11) is -9.57. The van der Waals surface area contributed by atoms with E-state index in [0.29, 0.717) is 0 Å². The number of hydrogen-bond donors (Lipinski definition) is 4. The Morgan fingerprint density at radius 3 is 1.85 bits per heavy atom. The molecule has 0 saturated carbocycles. The second-order valence-corrected chi connectivity index (χ2v) is 9.86. The zero-order chi connectivity index (χ0) is 24.3. The maximum atomic E-state index is 13.2. The Balaban J connectivity index is 1.97. The van der Waals surface area contributed by atoms with Gasteiger partial charge >= 0.3 is 0 Å². The van der Waals surface area contributed by atoms with Gasteiger partial charge in [0.25, 0.3) is 20.2 Å². The molecule has 1 aliphatic carbocycles. The normalized spacial score (nSPS) is 13.4. The fourth-order valence-corrected chi connectivity index (χ4v) is 4.82. The molecule has 13 heteroatoms. The van der Waals surface area contributed by atoms with Crippen LogP contribution in [0.1, 0.15) is 31.8 Å². The second-order valence-electron chi connectivity index (χ2n) is 7.08. The first kappa shape index (κ1) is 22.4. The van der Waals surface area contributed by atoms with Gasteiger partial charge in [-0.25, -0.2) is 0 Å². The van der Waals surface area contributed by atoms with Gasteiger partial charge in [-0.3, -0.25) is 24.4 Å². The van der Waals surface area contributed by atoms with Gasteiger partial charge in [-0.05, 0) is 24.3 Å². The highest BCUT2D eigenvalue weighted by Crippen LogP contribution is 2.40. The van der Waals surface area contributed by atoms with Crippen LogP contribution in [0.15, 0.2) is 58.3 Å². The molecule has 3 aromatic carbocycles. The van der Waals surface area contributed by atoms with E-state index in [-0.39, 0.29) is 28.1 Å². The molecule has 0 saturated heterocycles. The van der Waals surface area contributed by atoms with E-state index in [4.69, 9.17) is 16.0 Å². The third-order valence-corrected chi connectivity index (χ3v) is 6.82. The van der Waals surface area contributed by atoms with Crippen molar-refractivity contribution < 1.29 is 35.5 Å². The Labute approximate surface area is 187 Å². The van der Waals surface area contributed by atoms with Crippen LogP contribution in [0.4, 0.5) is 22.7 Å². The van der Waals surface area contributed by atoms with Crippen LogP contribution in [-0.4, -0.2) is 37.5 Å². The smallest absolute Gasteiger partial charge is 0.296 e. The first-order valence-electron chi connectivity index (χ1n) is 9.03. The summed E-state index contributed by atoms with van der Waals surface area (Å²) in [4.78, 5) is 24.8. The molecule has 6 N–H and O–H groups in total. The lowest BCUT2D eigenvalue weighted by Gasteiger charge is -2.23. The fourth-order valence-electron chi connectivity index (χ4n) is 3.59. The van der Waals surface area contributed by atoms with Crippen molar-refractivity contribution in [3.8, 4) is 0 Å². The molecule has 169 valence electrons. The molecule has 0 amide bonds. The minimum Gasteiger partial charge on any atom is -0.397 e. The minimum absolute atomic E-state index is 0.00564. The van der Waals surface area contributed by atoms with E-state index in [1.807, 2.05) is 0 Å². The Hall–Kier alpha value is -3.78. The molecule has 4 rings (SSSR count). The summed E-state index contributed by atoms with van der Waals surface area (Å²) in [6.45, 7) is 0. The maximum Gasteiger partial charge on any atom is 0.296 e. The predicted octanol–water partition coefficient (Wildman–Crippen LogP) is 2.20. The number of fused-ring (bicyclic) bond motifs is 2. The van der Waals surface area contributed by atoms with E-state index in [0.717, 1.165) is 24.3 Å². The maximum absolute atomic E-state index is 13.2. The molecule has 0 atom stereocenters. The van der Waals surface area contributed by atoms with Crippen LogP contribution in [0, 0.1) is 0 Å². The largest absolute Gasteiger partial charge is 0.397 e. The average Bonchev–Trinajstić information content (AvgIpc) is 2.71. The standard InChI is InChI=1S/C20H14N3O8S2/c21-12-7-9(5-6-14(12)32(26,27)28)23-13-8-15(33(29,30)31)18(22)17-16(13)19(24)10-3-1-2-4-11(10)20(17)25/h1-8,21,23H,22H2,(H,26,27,28)(H,29,30,31). The van der Waals surface area contributed by atoms with Crippen LogP contribution in [-0.2, 0) is 20.2 Å². The highest BCUT2D eigenvalue weighted by molar-refractivity contribution is 7.86. The van der Waals surface area contributed by atoms with Gasteiger partial charge in [0, 0.05) is 16.8 Å². The molecule has 0 aromatic heterocycles. The summed E-state index contributed by atoms with van der Waals surface area (Å²) in [6.07, 6.45) is 0. The van der Waals surface area contributed by atoms with Crippen LogP contribution in [0.3, 0.4) is 0 Å². The van der Waals surface area contributed by atoms with E-state index in [9.17, 15) is 31.0 Å². The Kier molecular flexibility index (Phi) is 5.01. The lowest BCUT2D eigenvalue weighted by molar-refractivity contribution is 0.0980. The highest BCUT2D eigenvalue weighted by Gasteiger charge is 2.36. The fraction of sp³-hybridized carbons (Fsp3) is 0. The SMILES string of the molecule is [NH]c1cc(Nc2cc(S(=O)(=O)O)c(N)c3c2C(=O)c2ccccc2C3=O)ccc1S(=O)(=O)O. The minimum atomic E-state index is -4.91. The van der Waals surface area contributed by atoms with Crippen LogP contribution in [0.5, 0.6) is 0 Å². The highest BCUT2D eigenvalue weighted by atomic mass is 32.2. The lowest BCUT2D eigenvalue weighted by Crippen LogP contribution is -2.25. The van der Waals surface area contributed by atoms with E-state index >= 15 is 0 Å². The molecular formula is C20H14N3O8S2. The summed E-state index contributed by atoms with van der Waals surface area (Å²) >= 11 is 0. The summed E-state index contributed by atoms with van der Waals surface area (Å²) in [6, 6.07) is 9.80. The average molecular weight is 488 g/mol. The number of hydrogen-bond acceptors (Lipinski definition) is 8. The van der Waals surface area contributed by atoms with Gasteiger partial charge in [0.15, 0.2) is 11.6 Å². The number of carbonyl (C=O) groups excluding carboxylic acids is 2. The number of ketones is 2. The zero-order valence-corrected chi connectivity index (χ0v) is 18.0. The molecule has 0 fully saturated rings. The molecular weight excluding hydrogens is 474 g/mol. The van der Waals surface area contributed by atoms with Crippen LogP contribution in [0.25, 0.3) is 0 Å². The molecule has 0 aliphatic heterocycles. The third kappa shape index (κ3) is 3.72. The zero-order valence-electron chi connectivity index (χ0n) is 16.4. The van der Waals surface area contributed by atoms with Crippen molar-refractivity contribution in [3.63, 3.8) is 0 Å². The molecule has 3 aromatic rings. The van der Waals surface area contributed by atoms with Crippen molar-refractivity contribution in [1.29, 1.82) is 0 Å². The number of carbonyl (C=O) groups is 2. The molecule has 33 heavy (non-hydrogen) atoms. The number of nitrogens with one attached hydrogen (secondary N) is 2. The van der Waals surface area contributed by atoms with Crippen molar-refractivity contribution in [2.75, 3.05) is 11.1 Å². The number of nitrogens with two attached hydrogens (primary N) is 1. The van der Waals surface area contributed by atoms with E-state index in [1.54, 1.807) is 6.07 Å². The van der Waals surface area contributed by atoms with Crippen LogP contribution >= 0.6 is 0 Å². The molecule has 11 nitrogen and oxygen atoms in total. The van der Waals surface area contributed by atoms with E-state index in [2.05, 4.69) is 5.32 Å². The number of benzene rings is 3. The number of rotatable bonds is 4. The van der Waals surface area contributed by atoms with Crippen molar-refractivity contribution >= 4 is 54.6 Å². The van der Waals surface area contributed by atoms with Crippen molar-refractivity contribution in [1.82, 2.24) is 5.73 Å². The topological polar surface area (TPSA) is 205 Å². The van der Waals surface area contributed by atoms with Crippen molar-refractivity contribution in [2.24, 2.45) is 0 Å². The quantitative estimate of drug-likeness (QED) is 0.243. The van der Waals surface area contributed by atoms with Gasteiger partial charge in [0.05, 0.1) is 28.2 Å². The summed E-state index contributed by atoms with van der Waals surface area (Å²) in [5.74, 6) is -1.37. The van der Waals surface area contributed by atoms with Crippen molar-refractivity contribution in [3.05, 3.63) is 70.8 Å². The van der Waals surface area contributed by atoms with Crippen molar-refractivity contribution in [2.45, 2.75) is 9.79 Å². The monoisotopic (exact) mass is 488 g/mol. The lowest BCUT2D eigenvalue weighted by atomic mass is 9.82. The number of anilines is 3. The van der Waals surface area contributed by atoms with Gasteiger partial charge in [-0.2, -0.15) is 16.8 Å². The Morgan fingerprint density at radius 2 is 1.33 bits per heavy atom. The second kappa shape index (κ2) is 7.38. The van der Waals surface area contributed by atoms with Gasteiger partial charge in [-0.1, -0.05) is 24.3 Å². The van der Waals surface area contributed by atoms with Gasteiger partial charge in [-0.15, -0.1) is 0 Å². The summed E-state index contributed by atoms with van der Waals surface area (Å²) in [5.41, 5.74) is 11.7. The Morgan fingerprint density at radius 1 is 0.788 bits per heavy atom. The number of nitrogen functional groups attached to an aromatic ring is 1. The Bertz CT molecular complexity index is 1600.